The molecular weight excluding hydrogens is 412 g/mol. The van der Waals surface area contributed by atoms with Crippen LogP contribution < -0.4 is 10.2 Å². The van der Waals surface area contributed by atoms with Gasteiger partial charge in [-0.2, -0.15) is 0 Å². The highest BCUT2D eigenvalue weighted by Gasteiger charge is 2.21. The van der Waals surface area contributed by atoms with Crippen molar-refractivity contribution in [2.45, 2.75) is 45.7 Å². The lowest BCUT2D eigenvalue weighted by molar-refractivity contribution is -0.128. The Morgan fingerprint density at radius 1 is 1.03 bits per heavy atom. The molecule has 2 aliphatic rings. The third kappa shape index (κ3) is 6.35. The zero-order chi connectivity index (χ0) is 23.2. The summed E-state index contributed by atoms with van der Waals surface area (Å²) in [7, 11) is 0. The first-order chi connectivity index (χ1) is 16.0. The van der Waals surface area contributed by atoms with E-state index in [9.17, 15) is 9.59 Å². The van der Waals surface area contributed by atoms with Crippen molar-refractivity contribution >= 4 is 17.5 Å². The number of benzene rings is 2. The number of carbonyl (C=O) groups is 2. The molecule has 2 aromatic rings. The Labute approximate surface area is 197 Å². The van der Waals surface area contributed by atoms with Crippen LogP contribution in [0, 0.1) is 6.92 Å². The van der Waals surface area contributed by atoms with Crippen molar-refractivity contribution in [3.8, 4) is 0 Å². The molecule has 1 atom stereocenters. The maximum absolute atomic E-state index is 12.6. The van der Waals surface area contributed by atoms with Crippen molar-refractivity contribution in [3.05, 3.63) is 65.2 Å². The zero-order valence-corrected chi connectivity index (χ0v) is 19.9. The monoisotopic (exact) mass is 448 g/mol. The van der Waals surface area contributed by atoms with E-state index in [1.165, 1.54) is 11.3 Å². The first kappa shape index (κ1) is 23.3. The first-order valence-corrected chi connectivity index (χ1v) is 12.2. The fraction of sp³-hybridized carbons (Fsp3) is 0.481. The van der Waals surface area contributed by atoms with Crippen LogP contribution in [-0.2, 0) is 11.3 Å². The summed E-state index contributed by atoms with van der Waals surface area (Å²) in [5.41, 5.74) is 4.36. The summed E-state index contributed by atoms with van der Waals surface area (Å²) >= 11 is 0. The molecule has 2 amide bonds. The van der Waals surface area contributed by atoms with Gasteiger partial charge in [0.25, 0.3) is 5.91 Å². The fourth-order valence-corrected chi connectivity index (χ4v) is 4.66. The van der Waals surface area contributed by atoms with Gasteiger partial charge >= 0.3 is 0 Å². The van der Waals surface area contributed by atoms with Gasteiger partial charge in [0.2, 0.25) is 5.91 Å². The number of piperazine rings is 1. The molecule has 2 fully saturated rings. The minimum atomic E-state index is -0.0319. The normalized spacial score (nSPS) is 17.9. The molecule has 0 aromatic heterocycles. The van der Waals surface area contributed by atoms with Crippen molar-refractivity contribution in [2.24, 2.45) is 0 Å². The SMILES string of the molecule is Cc1cccc(N2CCN(CCC(C)NC(=O)c3ccc(CN4CCCC4=O)cc3)CC2)c1. The van der Waals surface area contributed by atoms with Gasteiger partial charge in [0.15, 0.2) is 0 Å². The molecule has 33 heavy (non-hydrogen) atoms. The quantitative estimate of drug-likeness (QED) is 0.672. The number of hydrogen-bond donors (Lipinski definition) is 1. The Bertz CT molecular complexity index is 951. The van der Waals surface area contributed by atoms with Crippen LogP contribution in [0.4, 0.5) is 5.69 Å². The average molecular weight is 449 g/mol. The average Bonchev–Trinajstić information content (AvgIpc) is 3.22. The van der Waals surface area contributed by atoms with Gasteiger partial charge in [-0.05, 0) is 62.1 Å². The number of hydrogen-bond acceptors (Lipinski definition) is 4. The summed E-state index contributed by atoms with van der Waals surface area (Å²) in [5.74, 6) is 0.192. The zero-order valence-electron chi connectivity index (χ0n) is 19.9. The van der Waals surface area contributed by atoms with Gasteiger partial charge < -0.3 is 15.1 Å². The first-order valence-electron chi connectivity index (χ1n) is 12.2. The van der Waals surface area contributed by atoms with Crippen molar-refractivity contribution < 1.29 is 9.59 Å². The van der Waals surface area contributed by atoms with Crippen LogP contribution in [0.25, 0.3) is 0 Å². The number of aryl methyl sites for hydroxylation is 1. The van der Waals surface area contributed by atoms with Gasteiger partial charge in [-0.1, -0.05) is 24.3 Å². The van der Waals surface area contributed by atoms with Crippen LogP contribution in [0.2, 0.25) is 0 Å². The topological polar surface area (TPSA) is 55.9 Å². The third-order valence-electron chi connectivity index (χ3n) is 6.76. The minimum absolute atomic E-state index is 0.0319. The summed E-state index contributed by atoms with van der Waals surface area (Å²) in [4.78, 5) is 31.3. The molecule has 176 valence electrons. The second-order valence-electron chi connectivity index (χ2n) is 9.45. The van der Waals surface area contributed by atoms with Crippen LogP contribution in [0.15, 0.2) is 48.5 Å². The second-order valence-corrected chi connectivity index (χ2v) is 9.45. The Morgan fingerprint density at radius 2 is 1.79 bits per heavy atom. The molecule has 2 aromatic carbocycles. The molecule has 2 aliphatic heterocycles. The minimum Gasteiger partial charge on any atom is -0.369 e. The van der Waals surface area contributed by atoms with E-state index in [-0.39, 0.29) is 17.9 Å². The van der Waals surface area contributed by atoms with Gasteiger partial charge in [-0.3, -0.25) is 14.5 Å². The molecule has 6 heteroatoms. The molecule has 0 spiro atoms. The highest BCUT2D eigenvalue weighted by Crippen LogP contribution is 2.18. The number of anilines is 1. The Hall–Kier alpha value is -2.86. The molecule has 1 unspecified atom stereocenters. The van der Waals surface area contributed by atoms with Gasteiger partial charge in [-0.15, -0.1) is 0 Å². The fourth-order valence-electron chi connectivity index (χ4n) is 4.66. The van der Waals surface area contributed by atoms with Crippen LogP contribution in [0.5, 0.6) is 0 Å². The standard InChI is InChI=1S/C27H36N4O2/c1-21-5-3-6-25(19-21)30-17-15-29(16-18-30)14-12-22(2)28-27(33)24-10-8-23(9-11-24)20-31-13-4-7-26(31)32/h3,5-6,8-11,19,22H,4,7,12-18,20H2,1-2H3,(H,28,33). The van der Waals surface area contributed by atoms with Gasteiger partial charge in [0.1, 0.15) is 0 Å². The Kier molecular flexibility index (Phi) is 7.65. The lowest BCUT2D eigenvalue weighted by atomic mass is 10.1. The van der Waals surface area contributed by atoms with E-state index in [0.29, 0.717) is 18.5 Å². The summed E-state index contributed by atoms with van der Waals surface area (Å²) in [6, 6.07) is 16.5. The highest BCUT2D eigenvalue weighted by atomic mass is 16.2. The number of likely N-dealkylation sites (tertiary alicyclic amines) is 1. The maximum atomic E-state index is 12.6. The Morgan fingerprint density at radius 3 is 2.45 bits per heavy atom. The largest absolute Gasteiger partial charge is 0.369 e. The number of carbonyl (C=O) groups excluding carboxylic acids is 2. The summed E-state index contributed by atoms with van der Waals surface area (Å²) < 4.78 is 0. The third-order valence-corrected chi connectivity index (χ3v) is 6.76. The molecule has 6 nitrogen and oxygen atoms in total. The molecule has 0 saturated carbocycles. The van der Waals surface area contributed by atoms with E-state index in [0.717, 1.165) is 57.7 Å². The van der Waals surface area contributed by atoms with E-state index in [1.54, 1.807) is 0 Å². The van der Waals surface area contributed by atoms with Crippen molar-refractivity contribution in [2.75, 3.05) is 44.2 Å². The molecule has 2 saturated heterocycles. The summed E-state index contributed by atoms with van der Waals surface area (Å²) in [6.45, 7) is 10.9. The molecule has 4 rings (SSSR count). The lowest BCUT2D eigenvalue weighted by Gasteiger charge is -2.36. The van der Waals surface area contributed by atoms with Crippen LogP contribution >= 0.6 is 0 Å². The van der Waals surface area contributed by atoms with Crippen molar-refractivity contribution in [1.29, 1.82) is 0 Å². The molecule has 2 heterocycles. The summed E-state index contributed by atoms with van der Waals surface area (Å²) in [6.07, 6.45) is 2.53. The van der Waals surface area contributed by atoms with E-state index in [1.807, 2.05) is 29.2 Å². The number of nitrogens with zero attached hydrogens (tertiary/aromatic N) is 3. The maximum Gasteiger partial charge on any atom is 0.251 e. The van der Waals surface area contributed by atoms with E-state index in [4.69, 9.17) is 0 Å². The number of amides is 2. The number of nitrogens with one attached hydrogen (secondary N) is 1. The molecule has 1 N–H and O–H groups in total. The van der Waals surface area contributed by atoms with Crippen molar-refractivity contribution in [3.63, 3.8) is 0 Å². The highest BCUT2D eigenvalue weighted by molar-refractivity contribution is 5.94. The van der Waals surface area contributed by atoms with E-state index in [2.05, 4.69) is 53.2 Å². The summed E-state index contributed by atoms with van der Waals surface area (Å²) in [5, 5.41) is 3.14. The second kappa shape index (κ2) is 10.8. The van der Waals surface area contributed by atoms with Gasteiger partial charge in [0.05, 0.1) is 0 Å². The molecule has 0 bridgehead atoms. The smallest absolute Gasteiger partial charge is 0.251 e. The number of rotatable bonds is 8. The van der Waals surface area contributed by atoms with Crippen LogP contribution in [-0.4, -0.2) is 66.9 Å². The predicted molar refractivity (Wildman–Crippen MR) is 132 cm³/mol. The van der Waals surface area contributed by atoms with E-state index < -0.39 is 0 Å². The van der Waals surface area contributed by atoms with Crippen LogP contribution in [0.1, 0.15) is 47.7 Å². The Balaban J connectivity index is 1.18. The lowest BCUT2D eigenvalue weighted by Crippen LogP contribution is -2.47. The predicted octanol–water partition coefficient (Wildman–Crippen LogP) is 3.45. The van der Waals surface area contributed by atoms with E-state index >= 15 is 0 Å². The van der Waals surface area contributed by atoms with Crippen molar-refractivity contribution in [1.82, 2.24) is 15.1 Å². The van der Waals surface area contributed by atoms with Gasteiger partial charge in [0, 0.05) is 69.5 Å². The molecular formula is C27H36N4O2. The molecule has 0 aliphatic carbocycles. The van der Waals surface area contributed by atoms with Gasteiger partial charge in [-0.25, -0.2) is 0 Å². The van der Waals surface area contributed by atoms with Crippen LogP contribution in [0.3, 0.4) is 0 Å². The molecule has 0 radical (unpaired) electrons.